The first kappa shape index (κ1) is 84.5. The number of nitrogens with one attached hydrogen (secondary N) is 6. The van der Waals surface area contributed by atoms with Crippen molar-refractivity contribution in [1.29, 1.82) is 0 Å². The van der Waals surface area contributed by atoms with E-state index in [1.807, 2.05) is 213 Å². The van der Waals surface area contributed by atoms with Crippen molar-refractivity contribution in [3.05, 3.63) is 399 Å². The number of hydrogen-bond donors (Lipinski definition) is 6. The van der Waals surface area contributed by atoms with Crippen molar-refractivity contribution in [1.82, 2.24) is 19.9 Å². The molecule has 642 valence electrons. The summed E-state index contributed by atoms with van der Waals surface area (Å²) in [4.78, 5) is 72.9. The van der Waals surface area contributed by atoms with Crippen LogP contribution in [0.4, 0.5) is 69.0 Å². The number of ether oxygens (including phenoxy) is 1. The first-order valence-electron chi connectivity index (χ1n) is 44.5. The molecule has 0 saturated heterocycles. The van der Waals surface area contributed by atoms with Gasteiger partial charge in [0.05, 0.1) is 7.11 Å². The highest BCUT2D eigenvalue weighted by atomic mass is 16.5. The number of methoxy groups -OCH3 is 1. The Morgan fingerprint density at radius 2 is 0.611 bits per heavy atom. The molecule has 0 aliphatic heterocycles. The number of ketones is 4. The lowest BCUT2D eigenvalue weighted by Crippen LogP contribution is -2.15. The molecule has 0 saturated carbocycles. The molecule has 4 aromatic heterocycles. The van der Waals surface area contributed by atoms with Gasteiger partial charge in [0, 0.05) is 156 Å². The van der Waals surface area contributed by atoms with Crippen molar-refractivity contribution in [2.24, 2.45) is 0 Å². The summed E-state index contributed by atoms with van der Waals surface area (Å²) in [7, 11) is 1.64. The molecule has 131 heavy (non-hydrogen) atoms. The van der Waals surface area contributed by atoms with E-state index in [0.29, 0.717) is 22.3 Å². The predicted molar refractivity (Wildman–Crippen MR) is 538 cm³/mol. The lowest BCUT2D eigenvalue weighted by Gasteiger charge is -2.25. The van der Waals surface area contributed by atoms with Crippen LogP contribution < -0.4 is 36.6 Å². The average molecular weight is 1710 g/mol. The minimum absolute atomic E-state index is 0.0455. The normalized spacial score (nSPS) is 12.2. The molecule has 15 heteroatoms. The zero-order valence-corrected chi connectivity index (χ0v) is 75.3. The molecule has 22 rings (SSSR count). The van der Waals surface area contributed by atoms with Gasteiger partial charge in [-0.1, -0.05) is 289 Å². The predicted octanol–water partition coefficient (Wildman–Crippen LogP) is 29.2. The monoisotopic (exact) mass is 1710 g/mol. The molecule has 4 heterocycles. The number of carbonyl (C=O) groups excluding carboxylic acids is 4. The maximum absolute atomic E-state index is 13.7. The summed E-state index contributed by atoms with van der Waals surface area (Å²) in [6.07, 6.45) is 5.82. The van der Waals surface area contributed by atoms with E-state index in [-0.39, 0.29) is 34.0 Å². The van der Waals surface area contributed by atoms with Gasteiger partial charge in [-0.15, -0.1) is 0 Å². The van der Waals surface area contributed by atoms with Crippen LogP contribution in [-0.4, -0.2) is 50.2 Å². The van der Waals surface area contributed by atoms with Crippen molar-refractivity contribution in [3.63, 3.8) is 0 Å². The minimum Gasteiger partial charge on any atom is -0.497 e. The third kappa shape index (κ3) is 15.9. The van der Waals surface area contributed by atoms with Crippen LogP contribution in [0.3, 0.4) is 0 Å². The van der Waals surface area contributed by atoms with Gasteiger partial charge in [0.25, 0.3) is 0 Å². The Balaban J connectivity index is 0.000000115. The molecular formula is C116H98N10O5. The zero-order chi connectivity index (χ0) is 90.7. The maximum Gasteiger partial charge on any atom is 0.194 e. The van der Waals surface area contributed by atoms with Crippen molar-refractivity contribution in [3.8, 4) is 50.3 Å². The van der Waals surface area contributed by atoms with Crippen LogP contribution in [0.2, 0.25) is 0 Å². The Bertz CT molecular complexity index is 7670. The summed E-state index contributed by atoms with van der Waals surface area (Å²) >= 11 is 0. The third-order valence-corrected chi connectivity index (χ3v) is 26.2. The smallest absolute Gasteiger partial charge is 0.194 e. The fourth-order valence-corrected chi connectivity index (χ4v) is 18.3. The summed E-state index contributed by atoms with van der Waals surface area (Å²) in [5, 5.41) is 28.7. The van der Waals surface area contributed by atoms with Gasteiger partial charge in [0.1, 0.15) is 40.7 Å². The largest absolute Gasteiger partial charge is 0.497 e. The van der Waals surface area contributed by atoms with Gasteiger partial charge in [-0.25, -0.2) is 19.9 Å². The summed E-state index contributed by atoms with van der Waals surface area (Å²) in [5.74, 6) is 5.43. The first-order valence-corrected chi connectivity index (χ1v) is 44.5. The number of nitrogens with zero attached hydrogens (tertiary/aromatic N) is 4. The number of benzene rings is 14. The maximum atomic E-state index is 13.7. The third-order valence-electron chi connectivity index (χ3n) is 26.2. The van der Waals surface area contributed by atoms with E-state index < -0.39 is 0 Å². The van der Waals surface area contributed by atoms with Gasteiger partial charge >= 0.3 is 0 Å². The number of fused-ring (bicyclic) bond motifs is 8. The van der Waals surface area contributed by atoms with Crippen molar-refractivity contribution in [2.75, 3.05) is 39.0 Å². The van der Waals surface area contributed by atoms with Crippen LogP contribution >= 0.6 is 0 Å². The fourth-order valence-electron chi connectivity index (χ4n) is 18.3. The van der Waals surface area contributed by atoms with E-state index in [0.717, 1.165) is 209 Å². The Morgan fingerprint density at radius 3 is 1.06 bits per heavy atom. The zero-order valence-electron chi connectivity index (χ0n) is 75.3. The molecule has 0 bridgehead atoms. The number of hydrogen-bond acceptors (Lipinski definition) is 15. The van der Waals surface area contributed by atoms with Crippen molar-refractivity contribution >= 4 is 135 Å². The van der Waals surface area contributed by atoms with Gasteiger partial charge in [-0.05, 0) is 176 Å². The van der Waals surface area contributed by atoms with E-state index >= 15 is 0 Å². The Kier molecular flexibility index (Phi) is 22.3. The van der Waals surface area contributed by atoms with Crippen LogP contribution in [-0.2, 0) is 10.8 Å². The second-order valence-electron chi connectivity index (χ2n) is 35.4. The van der Waals surface area contributed by atoms with Crippen molar-refractivity contribution in [2.45, 2.75) is 99.8 Å². The molecule has 0 fully saturated rings. The van der Waals surface area contributed by atoms with E-state index in [1.54, 1.807) is 7.11 Å². The topological polar surface area (TPSA) is 201 Å². The van der Waals surface area contributed by atoms with Crippen LogP contribution in [0, 0.1) is 34.6 Å². The summed E-state index contributed by atoms with van der Waals surface area (Å²) in [6.45, 7) is 24.0. The highest BCUT2D eigenvalue weighted by Crippen LogP contribution is 2.51. The molecule has 14 aromatic carbocycles. The quantitative estimate of drug-likeness (QED) is 0.0502. The van der Waals surface area contributed by atoms with Crippen LogP contribution in [0.5, 0.6) is 5.75 Å². The Morgan fingerprint density at radius 1 is 0.282 bits per heavy atom. The lowest BCUT2D eigenvalue weighted by atomic mass is 9.82. The molecule has 0 atom stereocenters. The number of pyridine rings is 4. The summed E-state index contributed by atoms with van der Waals surface area (Å²) < 4.78 is 5.21. The highest BCUT2D eigenvalue weighted by Gasteiger charge is 2.35. The molecule has 4 aliphatic carbocycles. The second-order valence-corrected chi connectivity index (χ2v) is 35.4. The molecule has 15 nitrogen and oxygen atoms in total. The lowest BCUT2D eigenvalue weighted by molar-refractivity contribution is 0.103. The molecule has 4 aliphatic rings. The molecule has 18 aromatic rings. The Labute approximate surface area is 762 Å². The van der Waals surface area contributed by atoms with Gasteiger partial charge in [0.2, 0.25) is 0 Å². The number of aromatic nitrogens is 4. The molecule has 0 amide bonds. The summed E-state index contributed by atoms with van der Waals surface area (Å²) in [5.41, 5.74) is 27.9. The van der Waals surface area contributed by atoms with Gasteiger partial charge in [-0.2, -0.15) is 0 Å². The molecule has 0 radical (unpaired) electrons. The van der Waals surface area contributed by atoms with Crippen molar-refractivity contribution < 1.29 is 23.9 Å². The molecule has 0 spiro atoms. The fraction of sp³-hybridized carbons (Fsp3) is 0.138. The molecule has 0 unspecified atom stereocenters. The van der Waals surface area contributed by atoms with Gasteiger partial charge < -0.3 is 36.6 Å². The van der Waals surface area contributed by atoms with Crippen LogP contribution in [0.25, 0.3) is 87.6 Å². The van der Waals surface area contributed by atoms with Crippen LogP contribution in [0.15, 0.2) is 316 Å². The van der Waals surface area contributed by atoms with E-state index in [2.05, 4.69) is 221 Å². The van der Waals surface area contributed by atoms with Gasteiger partial charge in [-0.3, -0.25) is 19.2 Å². The van der Waals surface area contributed by atoms with Gasteiger partial charge in [0.15, 0.2) is 23.1 Å². The summed E-state index contributed by atoms with van der Waals surface area (Å²) in [6, 6.07) is 100. The van der Waals surface area contributed by atoms with E-state index in [4.69, 9.17) is 14.7 Å². The SMILES string of the molecule is CCC(C)(C)c1ccc(Nc2nc(Nc3ccc(C(C)(C)CC)cc3)c3cccc4c3c2-c2ccccc2C4=O)cc1.COc1ccc(Nc2ncc3c4c(cccc24)C(=O)c2ccccc2-3)cc1.Cc1ccc(Nc2nc(Nc3ccc(C)cc3C)c3cccc4c3c2-c2ccccc2C4=O)c(C)c1.Cc1ccc(Nc2ncc3cccc4c3c2-c2ccccc2C4=O)cc1. The highest BCUT2D eigenvalue weighted by molar-refractivity contribution is 6.31. The number of aryl methyl sites for hydroxylation is 5. The number of carbonyl (C=O) groups is 4. The minimum atomic E-state index is 0.0455. The van der Waals surface area contributed by atoms with E-state index in [1.165, 1.54) is 27.8 Å². The average Bonchev–Trinajstić information content (AvgIpc) is 1.38. The molecular weight excluding hydrogens is 1610 g/mol. The standard InChI is InChI=1S/C38H39N3O.C32H27N3O.C23H16N2O2.C23H16N2O/c1-7-37(3,4)24-16-20-26(21-17-24)39-35-31-15-11-14-30-32(31)33(28-12-9-10-13-29(28)34(30)42)36(41-35)40-27-22-18-25(19-23-27)38(5,6)8-2;1-18-12-14-26(20(3)16-18)33-31-25-11-7-10-24-28(25)29(22-8-5-6-9-23(22)30(24)36)32(35-31)34-27-15-13-19(2)17-21(27)4;1-27-15-11-9-14(10-12-15)25-23-19-8-4-7-18-21(19)20(13-24-23)16-5-2-3-6-17(16)22(18)26;1-14-9-11-16(12-10-14)25-23-21-17-6-2-3-7-18(17)22(26)19-8-4-5-15(13-24-23)20(19)21/h9-23H,7-8H2,1-6H3,(H2,39,40,41);5-17H,1-4H3,(H2,33,34,35);2-13H,1H3,(H,24,25);2-13H,1H3,(H,24,25). The van der Waals surface area contributed by atoms with E-state index in [9.17, 15) is 19.2 Å². The number of anilines is 12. The first-order chi connectivity index (χ1) is 63.5. The Hall–Kier alpha value is -16.0. The second kappa shape index (κ2) is 34.6. The van der Waals surface area contributed by atoms with Crippen LogP contribution in [0.1, 0.15) is 157 Å². The molecule has 6 N–H and O–H groups in total. The number of rotatable bonds is 17.